The molecule has 0 saturated heterocycles. The van der Waals surface area contributed by atoms with Crippen molar-refractivity contribution in [2.24, 2.45) is 0 Å². The van der Waals surface area contributed by atoms with E-state index in [9.17, 15) is 13.2 Å². The summed E-state index contributed by atoms with van der Waals surface area (Å²) in [5, 5.41) is 5.62. The van der Waals surface area contributed by atoms with Crippen LogP contribution in [0.3, 0.4) is 0 Å². The van der Waals surface area contributed by atoms with E-state index < -0.39 is 10.0 Å². The molecule has 7 nitrogen and oxygen atoms in total. The predicted molar refractivity (Wildman–Crippen MR) is 139 cm³/mol. The SMILES string of the molecule is CCCOc1ccc(C(=O)NC(=S)Nc2ccc(S(=O)(=O)N(CC)c3ccccc3)cc2)cc1. The third-order valence-electron chi connectivity index (χ3n) is 4.85. The molecule has 0 spiro atoms. The molecule has 9 heteroatoms. The first-order chi connectivity index (χ1) is 16.3. The zero-order valence-electron chi connectivity index (χ0n) is 19.0. The lowest BCUT2D eigenvalue weighted by molar-refractivity contribution is 0.0977. The van der Waals surface area contributed by atoms with Crippen molar-refractivity contribution in [3.05, 3.63) is 84.4 Å². The van der Waals surface area contributed by atoms with E-state index in [1.54, 1.807) is 67.6 Å². The number of carbonyl (C=O) groups excluding carboxylic acids is 1. The number of hydrogen-bond acceptors (Lipinski definition) is 5. The van der Waals surface area contributed by atoms with E-state index in [1.165, 1.54) is 16.4 Å². The number of amides is 1. The number of sulfonamides is 1. The highest BCUT2D eigenvalue weighted by Gasteiger charge is 2.23. The van der Waals surface area contributed by atoms with E-state index in [0.29, 0.717) is 35.8 Å². The Labute approximate surface area is 205 Å². The van der Waals surface area contributed by atoms with Crippen molar-refractivity contribution >= 4 is 44.6 Å². The first-order valence-corrected chi connectivity index (χ1v) is 12.7. The molecule has 3 aromatic rings. The van der Waals surface area contributed by atoms with E-state index in [4.69, 9.17) is 17.0 Å². The Kier molecular flexibility index (Phi) is 8.61. The third kappa shape index (κ3) is 6.33. The fourth-order valence-electron chi connectivity index (χ4n) is 3.18. The summed E-state index contributed by atoms with van der Waals surface area (Å²) in [6.45, 7) is 4.72. The quantitative estimate of drug-likeness (QED) is 0.412. The van der Waals surface area contributed by atoms with Gasteiger partial charge in [0.2, 0.25) is 0 Å². The number of hydrogen-bond donors (Lipinski definition) is 2. The molecule has 0 aliphatic carbocycles. The fourth-order valence-corrected chi connectivity index (χ4v) is 4.87. The minimum absolute atomic E-state index is 0.103. The first kappa shape index (κ1) is 25.2. The molecule has 3 rings (SSSR count). The van der Waals surface area contributed by atoms with Crippen molar-refractivity contribution in [1.82, 2.24) is 5.32 Å². The lowest BCUT2D eigenvalue weighted by Crippen LogP contribution is -2.34. The van der Waals surface area contributed by atoms with Crippen LogP contribution < -0.4 is 19.7 Å². The van der Waals surface area contributed by atoms with Gasteiger partial charge in [0, 0.05) is 17.8 Å². The number of para-hydroxylation sites is 1. The maximum Gasteiger partial charge on any atom is 0.264 e. The number of benzene rings is 3. The Bertz CT molecular complexity index is 1210. The molecule has 2 N–H and O–H groups in total. The van der Waals surface area contributed by atoms with Crippen molar-refractivity contribution < 1.29 is 17.9 Å². The first-order valence-electron chi connectivity index (χ1n) is 10.9. The molecule has 34 heavy (non-hydrogen) atoms. The number of thiocarbonyl (C=S) groups is 1. The molecule has 0 bridgehead atoms. The van der Waals surface area contributed by atoms with Crippen LogP contribution in [0.15, 0.2) is 83.8 Å². The number of carbonyl (C=O) groups is 1. The Morgan fingerprint density at radius 2 is 1.59 bits per heavy atom. The van der Waals surface area contributed by atoms with Gasteiger partial charge < -0.3 is 10.1 Å². The van der Waals surface area contributed by atoms with Crippen LogP contribution in [-0.4, -0.2) is 32.6 Å². The van der Waals surface area contributed by atoms with Gasteiger partial charge in [-0.25, -0.2) is 8.42 Å². The monoisotopic (exact) mass is 497 g/mol. The van der Waals surface area contributed by atoms with Gasteiger partial charge in [-0.05, 0) is 86.2 Å². The summed E-state index contributed by atoms with van der Waals surface area (Å²) in [7, 11) is -3.72. The lowest BCUT2D eigenvalue weighted by atomic mass is 10.2. The van der Waals surface area contributed by atoms with E-state index in [-0.39, 0.29) is 15.9 Å². The summed E-state index contributed by atoms with van der Waals surface area (Å²) < 4.78 is 33.1. The van der Waals surface area contributed by atoms with Gasteiger partial charge in [-0.15, -0.1) is 0 Å². The molecule has 0 heterocycles. The molecular weight excluding hydrogens is 470 g/mol. The van der Waals surface area contributed by atoms with Gasteiger partial charge in [0.05, 0.1) is 17.2 Å². The van der Waals surface area contributed by atoms with Crippen LogP contribution in [-0.2, 0) is 10.0 Å². The Hall–Kier alpha value is -3.43. The summed E-state index contributed by atoms with van der Waals surface area (Å²) in [5.41, 5.74) is 1.59. The average Bonchev–Trinajstić information content (AvgIpc) is 2.84. The number of rotatable bonds is 9. The van der Waals surface area contributed by atoms with E-state index in [1.807, 2.05) is 13.0 Å². The summed E-state index contributed by atoms with van der Waals surface area (Å²) in [4.78, 5) is 12.6. The van der Waals surface area contributed by atoms with Crippen LogP contribution in [0, 0.1) is 0 Å². The van der Waals surface area contributed by atoms with Crippen LogP contribution in [0.5, 0.6) is 5.75 Å². The van der Waals surface area contributed by atoms with E-state index in [0.717, 1.165) is 6.42 Å². The second-order valence-electron chi connectivity index (χ2n) is 7.31. The Balaban J connectivity index is 1.62. The van der Waals surface area contributed by atoms with E-state index >= 15 is 0 Å². The zero-order valence-corrected chi connectivity index (χ0v) is 20.7. The maximum atomic E-state index is 13.1. The van der Waals surface area contributed by atoms with Crippen molar-refractivity contribution in [2.45, 2.75) is 25.2 Å². The Morgan fingerprint density at radius 3 is 2.18 bits per heavy atom. The van der Waals surface area contributed by atoms with Crippen LogP contribution in [0.2, 0.25) is 0 Å². The standard InChI is InChI=1S/C25H27N3O4S2/c1-3-18-32-22-14-10-19(11-15-22)24(29)27-25(33)26-20-12-16-23(17-13-20)34(30,31)28(4-2)21-8-6-5-7-9-21/h5-17H,3-4,18H2,1-2H3,(H2,26,27,29,33). The van der Waals surface area contributed by atoms with Gasteiger partial charge in [0.25, 0.3) is 15.9 Å². The minimum Gasteiger partial charge on any atom is -0.494 e. The van der Waals surface area contributed by atoms with Crippen molar-refractivity contribution in [1.29, 1.82) is 0 Å². The van der Waals surface area contributed by atoms with Crippen molar-refractivity contribution in [3.63, 3.8) is 0 Å². The van der Waals surface area contributed by atoms with Gasteiger partial charge in [0.1, 0.15) is 5.75 Å². The Morgan fingerprint density at radius 1 is 0.941 bits per heavy atom. The molecule has 178 valence electrons. The summed E-state index contributed by atoms with van der Waals surface area (Å²) in [6, 6.07) is 21.9. The fraction of sp³-hybridized carbons (Fsp3) is 0.200. The second kappa shape index (κ2) is 11.6. The number of nitrogens with zero attached hydrogens (tertiary/aromatic N) is 1. The van der Waals surface area contributed by atoms with Crippen LogP contribution in [0.4, 0.5) is 11.4 Å². The molecule has 0 aliphatic heterocycles. The molecule has 0 saturated carbocycles. The highest BCUT2D eigenvalue weighted by molar-refractivity contribution is 7.92. The van der Waals surface area contributed by atoms with Gasteiger partial charge in [-0.3, -0.25) is 14.4 Å². The normalized spacial score (nSPS) is 10.9. The molecular formula is C25H27N3O4S2. The average molecular weight is 498 g/mol. The topological polar surface area (TPSA) is 87.7 Å². The molecule has 0 atom stereocenters. The highest BCUT2D eigenvalue weighted by Crippen LogP contribution is 2.24. The molecule has 0 radical (unpaired) electrons. The molecule has 0 unspecified atom stereocenters. The maximum absolute atomic E-state index is 13.1. The third-order valence-corrected chi connectivity index (χ3v) is 6.97. The van der Waals surface area contributed by atoms with Crippen LogP contribution in [0.1, 0.15) is 30.6 Å². The summed E-state index contributed by atoms with van der Waals surface area (Å²) in [6.07, 6.45) is 0.902. The zero-order chi connectivity index (χ0) is 24.6. The van der Waals surface area contributed by atoms with Gasteiger partial charge in [-0.2, -0.15) is 0 Å². The molecule has 0 fully saturated rings. The largest absolute Gasteiger partial charge is 0.494 e. The lowest BCUT2D eigenvalue weighted by Gasteiger charge is -2.23. The van der Waals surface area contributed by atoms with Crippen molar-refractivity contribution in [3.8, 4) is 5.75 Å². The van der Waals surface area contributed by atoms with Gasteiger partial charge in [-0.1, -0.05) is 25.1 Å². The minimum atomic E-state index is -3.72. The van der Waals surface area contributed by atoms with E-state index in [2.05, 4.69) is 10.6 Å². The number of anilines is 2. The van der Waals surface area contributed by atoms with Crippen LogP contribution >= 0.6 is 12.2 Å². The van der Waals surface area contributed by atoms with Crippen molar-refractivity contribution in [2.75, 3.05) is 22.8 Å². The second-order valence-corrected chi connectivity index (χ2v) is 9.58. The smallest absolute Gasteiger partial charge is 0.264 e. The molecule has 0 aromatic heterocycles. The van der Waals surface area contributed by atoms with Crippen LogP contribution in [0.25, 0.3) is 0 Å². The predicted octanol–water partition coefficient (Wildman–Crippen LogP) is 4.82. The molecule has 1 amide bonds. The molecule has 3 aromatic carbocycles. The van der Waals surface area contributed by atoms with Gasteiger partial charge in [0.15, 0.2) is 5.11 Å². The highest BCUT2D eigenvalue weighted by atomic mass is 32.2. The molecule has 0 aliphatic rings. The van der Waals surface area contributed by atoms with Gasteiger partial charge >= 0.3 is 0 Å². The number of nitrogens with one attached hydrogen (secondary N) is 2. The number of ether oxygens (including phenoxy) is 1. The summed E-state index contributed by atoms with van der Waals surface area (Å²) in [5.74, 6) is 0.336. The summed E-state index contributed by atoms with van der Waals surface area (Å²) >= 11 is 5.23.